The number of nitrogens with zero attached hydrogens (tertiary/aromatic N) is 1. The number of piperidine rings is 1. The highest BCUT2D eigenvalue weighted by atomic mass is 16.3. The Balaban J connectivity index is 2.32. The molecule has 2 rings (SSSR count). The molecule has 1 aromatic carbocycles. The second kappa shape index (κ2) is 4.26. The molecule has 16 heavy (non-hydrogen) atoms. The van der Waals surface area contributed by atoms with Gasteiger partial charge >= 0.3 is 0 Å². The van der Waals surface area contributed by atoms with Gasteiger partial charge in [-0.05, 0) is 38.3 Å². The average Bonchev–Trinajstić information content (AvgIpc) is 2.23. The van der Waals surface area contributed by atoms with Crippen LogP contribution in [-0.2, 0) is 4.79 Å². The number of aryl methyl sites for hydroxylation is 2. The van der Waals surface area contributed by atoms with Crippen molar-refractivity contribution >= 4 is 11.6 Å². The Kier molecular flexibility index (Phi) is 2.97. The van der Waals surface area contributed by atoms with Crippen LogP contribution in [0.3, 0.4) is 0 Å². The van der Waals surface area contributed by atoms with Gasteiger partial charge in [0.05, 0.1) is 0 Å². The summed E-state index contributed by atoms with van der Waals surface area (Å²) in [5.41, 5.74) is 3.20. The molecule has 1 N–H and O–H groups in total. The fourth-order valence-corrected chi connectivity index (χ4v) is 2.20. The number of aliphatic hydroxyl groups excluding tert-OH is 1. The molecular weight excluding hydrogens is 202 g/mol. The Morgan fingerprint density at radius 3 is 2.81 bits per heavy atom. The SMILES string of the molecule is Cc1ccc(N2CCCC(O)C2=O)c(C)c1. The van der Waals surface area contributed by atoms with Gasteiger partial charge in [0.1, 0.15) is 6.10 Å². The Morgan fingerprint density at radius 2 is 2.12 bits per heavy atom. The van der Waals surface area contributed by atoms with Gasteiger partial charge in [0, 0.05) is 12.2 Å². The first kappa shape index (κ1) is 11.1. The van der Waals surface area contributed by atoms with Crippen LogP contribution in [0.4, 0.5) is 5.69 Å². The lowest BCUT2D eigenvalue weighted by Crippen LogP contribution is -2.44. The number of hydrogen-bond acceptors (Lipinski definition) is 2. The zero-order valence-corrected chi connectivity index (χ0v) is 9.73. The van der Waals surface area contributed by atoms with Crippen molar-refractivity contribution in [2.24, 2.45) is 0 Å². The third-order valence-electron chi connectivity index (χ3n) is 3.05. The summed E-state index contributed by atoms with van der Waals surface area (Å²) in [6.45, 7) is 4.74. The van der Waals surface area contributed by atoms with Gasteiger partial charge in [-0.15, -0.1) is 0 Å². The van der Waals surface area contributed by atoms with Gasteiger partial charge in [-0.3, -0.25) is 4.79 Å². The van der Waals surface area contributed by atoms with Crippen LogP contribution in [0.15, 0.2) is 18.2 Å². The van der Waals surface area contributed by atoms with Gasteiger partial charge < -0.3 is 10.0 Å². The molecule has 86 valence electrons. The number of rotatable bonds is 1. The summed E-state index contributed by atoms with van der Waals surface area (Å²) in [6.07, 6.45) is 0.620. The van der Waals surface area contributed by atoms with E-state index in [-0.39, 0.29) is 5.91 Å². The maximum atomic E-state index is 11.8. The van der Waals surface area contributed by atoms with Crippen LogP contribution in [0, 0.1) is 13.8 Å². The lowest BCUT2D eigenvalue weighted by molar-refractivity contribution is -0.128. The topological polar surface area (TPSA) is 40.5 Å². The Bertz CT molecular complexity index is 414. The summed E-state index contributed by atoms with van der Waals surface area (Å²) in [7, 11) is 0. The molecule has 0 saturated carbocycles. The summed E-state index contributed by atoms with van der Waals surface area (Å²) in [5.74, 6) is -0.168. The van der Waals surface area contributed by atoms with E-state index in [1.165, 1.54) is 5.56 Å². The van der Waals surface area contributed by atoms with E-state index in [1.54, 1.807) is 4.90 Å². The number of hydrogen-bond donors (Lipinski definition) is 1. The predicted molar refractivity (Wildman–Crippen MR) is 63.5 cm³/mol. The average molecular weight is 219 g/mol. The van der Waals surface area contributed by atoms with Gasteiger partial charge in [-0.25, -0.2) is 0 Å². The molecule has 3 heteroatoms. The maximum Gasteiger partial charge on any atom is 0.255 e. The fourth-order valence-electron chi connectivity index (χ4n) is 2.20. The molecule has 0 bridgehead atoms. The second-order valence-corrected chi connectivity index (χ2v) is 4.44. The molecule has 0 radical (unpaired) electrons. The van der Waals surface area contributed by atoms with E-state index < -0.39 is 6.10 Å². The number of anilines is 1. The minimum Gasteiger partial charge on any atom is -0.383 e. The highest BCUT2D eigenvalue weighted by Gasteiger charge is 2.28. The summed E-state index contributed by atoms with van der Waals surface area (Å²) >= 11 is 0. The van der Waals surface area contributed by atoms with Gasteiger partial charge in [0.25, 0.3) is 5.91 Å². The van der Waals surface area contributed by atoms with E-state index in [0.29, 0.717) is 13.0 Å². The Hall–Kier alpha value is -1.35. The van der Waals surface area contributed by atoms with Crippen molar-refractivity contribution in [1.82, 2.24) is 0 Å². The van der Waals surface area contributed by atoms with Crippen LogP contribution < -0.4 is 4.90 Å². The summed E-state index contributed by atoms with van der Waals surface area (Å²) in [5, 5.41) is 9.56. The molecule has 1 unspecified atom stereocenters. The predicted octanol–water partition coefficient (Wildman–Crippen LogP) is 1.79. The van der Waals surface area contributed by atoms with E-state index in [9.17, 15) is 9.90 Å². The molecule has 1 aromatic rings. The fraction of sp³-hybridized carbons (Fsp3) is 0.462. The number of benzene rings is 1. The van der Waals surface area contributed by atoms with E-state index in [4.69, 9.17) is 0 Å². The first-order chi connectivity index (χ1) is 7.59. The molecule has 1 amide bonds. The first-order valence-electron chi connectivity index (χ1n) is 5.66. The molecule has 3 nitrogen and oxygen atoms in total. The molecule has 1 saturated heterocycles. The molecule has 0 aliphatic carbocycles. The summed E-state index contributed by atoms with van der Waals surface area (Å²) in [4.78, 5) is 13.5. The highest BCUT2D eigenvalue weighted by Crippen LogP contribution is 2.25. The third kappa shape index (κ3) is 1.95. The van der Waals surface area contributed by atoms with Crippen molar-refractivity contribution in [2.45, 2.75) is 32.8 Å². The van der Waals surface area contributed by atoms with Crippen LogP contribution in [0.5, 0.6) is 0 Å². The minimum absolute atomic E-state index is 0.168. The standard InChI is InChI=1S/C13H17NO2/c1-9-5-6-11(10(2)8-9)14-7-3-4-12(15)13(14)16/h5-6,8,12,15H,3-4,7H2,1-2H3. The number of carbonyl (C=O) groups is 1. The minimum atomic E-state index is -0.825. The van der Waals surface area contributed by atoms with Crippen LogP contribution >= 0.6 is 0 Å². The molecule has 1 aliphatic heterocycles. The van der Waals surface area contributed by atoms with Crippen molar-refractivity contribution < 1.29 is 9.90 Å². The van der Waals surface area contributed by atoms with Crippen molar-refractivity contribution in [1.29, 1.82) is 0 Å². The molecule has 0 aromatic heterocycles. The maximum absolute atomic E-state index is 11.8. The highest BCUT2D eigenvalue weighted by molar-refractivity contribution is 5.97. The molecular formula is C13H17NO2. The van der Waals surface area contributed by atoms with E-state index in [0.717, 1.165) is 17.7 Å². The molecule has 1 heterocycles. The molecule has 1 aliphatic rings. The quantitative estimate of drug-likeness (QED) is 0.782. The van der Waals surface area contributed by atoms with Crippen molar-refractivity contribution in [3.8, 4) is 0 Å². The Labute approximate surface area is 95.7 Å². The molecule has 1 fully saturated rings. The second-order valence-electron chi connectivity index (χ2n) is 4.44. The molecule has 0 spiro atoms. The Morgan fingerprint density at radius 1 is 1.38 bits per heavy atom. The van der Waals surface area contributed by atoms with Crippen molar-refractivity contribution in [2.75, 3.05) is 11.4 Å². The zero-order valence-electron chi connectivity index (χ0n) is 9.73. The van der Waals surface area contributed by atoms with Crippen LogP contribution in [-0.4, -0.2) is 23.7 Å². The number of carbonyl (C=O) groups excluding carboxylic acids is 1. The third-order valence-corrected chi connectivity index (χ3v) is 3.05. The lowest BCUT2D eigenvalue weighted by Gasteiger charge is -2.31. The van der Waals surface area contributed by atoms with Gasteiger partial charge in [-0.1, -0.05) is 17.7 Å². The van der Waals surface area contributed by atoms with Crippen LogP contribution in [0.25, 0.3) is 0 Å². The van der Waals surface area contributed by atoms with E-state index in [2.05, 4.69) is 6.07 Å². The van der Waals surface area contributed by atoms with Gasteiger partial charge in [-0.2, -0.15) is 0 Å². The smallest absolute Gasteiger partial charge is 0.255 e. The normalized spacial score (nSPS) is 21.3. The zero-order chi connectivity index (χ0) is 11.7. The number of aliphatic hydroxyl groups is 1. The summed E-state index contributed by atoms with van der Waals surface area (Å²) < 4.78 is 0. The number of amides is 1. The van der Waals surface area contributed by atoms with Crippen molar-refractivity contribution in [3.05, 3.63) is 29.3 Å². The lowest BCUT2D eigenvalue weighted by atomic mass is 10.0. The monoisotopic (exact) mass is 219 g/mol. The molecule has 1 atom stereocenters. The van der Waals surface area contributed by atoms with Crippen LogP contribution in [0.2, 0.25) is 0 Å². The van der Waals surface area contributed by atoms with Crippen molar-refractivity contribution in [3.63, 3.8) is 0 Å². The largest absolute Gasteiger partial charge is 0.383 e. The summed E-state index contributed by atoms with van der Waals surface area (Å²) in [6, 6.07) is 6.01. The van der Waals surface area contributed by atoms with Gasteiger partial charge in [0.2, 0.25) is 0 Å². The van der Waals surface area contributed by atoms with E-state index in [1.807, 2.05) is 26.0 Å². The van der Waals surface area contributed by atoms with Crippen LogP contribution in [0.1, 0.15) is 24.0 Å². The van der Waals surface area contributed by atoms with Gasteiger partial charge in [0.15, 0.2) is 0 Å². The van der Waals surface area contributed by atoms with E-state index >= 15 is 0 Å². The first-order valence-corrected chi connectivity index (χ1v) is 5.66.